The number of thiazole rings is 1. The lowest BCUT2D eigenvalue weighted by Crippen LogP contribution is -1.84. The largest absolute Gasteiger partial charge is 0.294 e. The maximum absolute atomic E-state index is 4.68. The van der Waals surface area contributed by atoms with E-state index in [9.17, 15) is 0 Å². The van der Waals surface area contributed by atoms with Gasteiger partial charge in [0.25, 0.3) is 0 Å². The van der Waals surface area contributed by atoms with Gasteiger partial charge in [-0.3, -0.25) is 4.40 Å². The maximum atomic E-state index is 4.68. The average molecular weight is 258 g/mol. The minimum absolute atomic E-state index is 1.08. The molecular formula is C15H18N2S. The summed E-state index contributed by atoms with van der Waals surface area (Å²) in [6, 6.07) is 10.3. The molecule has 0 aliphatic carbocycles. The summed E-state index contributed by atoms with van der Waals surface area (Å²) in [6.45, 7) is 8.23. The van der Waals surface area contributed by atoms with Crippen molar-refractivity contribution in [3.8, 4) is 11.3 Å². The molecule has 0 N–H and O–H groups in total. The van der Waals surface area contributed by atoms with Gasteiger partial charge in [0.05, 0.1) is 5.69 Å². The number of aromatic nitrogens is 2. The van der Waals surface area contributed by atoms with Crippen LogP contribution < -0.4 is 0 Å². The number of nitrogens with zero attached hydrogens (tertiary/aromatic N) is 2. The second-order valence-electron chi connectivity index (χ2n) is 3.91. The van der Waals surface area contributed by atoms with E-state index in [0.717, 1.165) is 10.7 Å². The molecule has 0 spiro atoms. The Kier molecular flexibility index (Phi) is 3.82. The molecule has 0 saturated heterocycles. The number of hydrogen-bond donors (Lipinski definition) is 0. The van der Waals surface area contributed by atoms with Crippen LogP contribution in [0.15, 0.2) is 36.5 Å². The molecule has 1 aromatic carbocycles. The minimum atomic E-state index is 1.08. The summed E-state index contributed by atoms with van der Waals surface area (Å²) in [5.41, 5.74) is 3.49. The third kappa shape index (κ3) is 2.18. The van der Waals surface area contributed by atoms with E-state index in [-0.39, 0.29) is 0 Å². The third-order valence-electron chi connectivity index (χ3n) is 2.73. The second-order valence-corrected chi connectivity index (χ2v) is 5.12. The number of fused-ring (bicyclic) bond motifs is 1. The number of aryl methyl sites for hydroxylation is 2. The molecule has 0 amide bonds. The molecule has 2 nitrogen and oxygen atoms in total. The number of benzene rings is 1. The SMILES string of the molecule is CC.Cc1cn2c(C)c(-c3ccccc3)nc2s1. The standard InChI is InChI=1S/C13H12N2S.C2H6/c1-9-8-15-10(2)12(14-13(15)16-9)11-6-4-3-5-7-11;1-2/h3-8H,1-2H3;1-2H3. The zero-order chi connectivity index (χ0) is 13.1. The van der Waals surface area contributed by atoms with Crippen LogP contribution in [0.3, 0.4) is 0 Å². The first-order chi connectivity index (χ1) is 8.75. The highest BCUT2D eigenvalue weighted by Gasteiger charge is 2.11. The third-order valence-corrected chi connectivity index (χ3v) is 3.63. The Morgan fingerprint density at radius 2 is 1.72 bits per heavy atom. The summed E-state index contributed by atoms with van der Waals surface area (Å²) in [5.74, 6) is 0. The van der Waals surface area contributed by atoms with Gasteiger partial charge in [-0.2, -0.15) is 0 Å². The monoisotopic (exact) mass is 258 g/mol. The molecule has 0 saturated carbocycles. The van der Waals surface area contributed by atoms with Gasteiger partial charge in [-0.05, 0) is 13.8 Å². The Labute approximate surface area is 112 Å². The molecule has 94 valence electrons. The fourth-order valence-electron chi connectivity index (χ4n) is 1.93. The van der Waals surface area contributed by atoms with Crippen molar-refractivity contribution in [1.29, 1.82) is 0 Å². The smallest absolute Gasteiger partial charge is 0.194 e. The Morgan fingerprint density at radius 1 is 1.06 bits per heavy atom. The van der Waals surface area contributed by atoms with Gasteiger partial charge in [-0.25, -0.2) is 4.98 Å². The molecule has 0 unspecified atom stereocenters. The normalized spacial score (nSPS) is 10.2. The van der Waals surface area contributed by atoms with Crippen LogP contribution in [-0.2, 0) is 0 Å². The van der Waals surface area contributed by atoms with Crippen molar-refractivity contribution in [2.45, 2.75) is 27.7 Å². The van der Waals surface area contributed by atoms with Crippen molar-refractivity contribution < 1.29 is 0 Å². The summed E-state index contributed by atoms with van der Waals surface area (Å²) in [6.07, 6.45) is 2.15. The zero-order valence-electron chi connectivity index (χ0n) is 11.3. The minimum Gasteiger partial charge on any atom is -0.294 e. The molecule has 0 aliphatic heterocycles. The lowest BCUT2D eigenvalue weighted by Gasteiger charge is -1.97. The zero-order valence-corrected chi connectivity index (χ0v) is 12.1. The number of rotatable bonds is 1. The van der Waals surface area contributed by atoms with Crippen LogP contribution in [0.1, 0.15) is 24.4 Å². The molecule has 0 bridgehead atoms. The highest BCUT2D eigenvalue weighted by Crippen LogP contribution is 2.27. The molecule has 3 rings (SSSR count). The quantitative estimate of drug-likeness (QED) is 0.618. The van der Waals surface area contributed by atoms with Crippen LogP contribution in [0, 0.1) is 13.8 Å². The Balaban J connectivity index is 0.000000574. The fraction of sp³-hybridized carbons (Fsp3) is 0.267. The van der Waals surface area contributed by atoms with E-state index in [1.54, 1.807) is 11.3 Å². The van der Waals surface area contributed by atoms with E-state index in [2.05, 4.69) is 41.6 Å². The fourth-order valence-corrected chi connectivity index (χ4v) is 2.80. The second kappa shape index (κ2) is 5.36. The van der Waals surface area contributed by atoms with Crippen molar-refractivity contribution in [2.75, 3.05) is 0 Å². The predicted octanol–water partition coefficient (Wildman–Crippen LogP) is 4.71. The van der Waals surface area contributed by atoms with Crippen molar-refractivity contribution in [3.63, 3.8) is 0 Å². The van der Waals surface area contributed by atoms with Crippen LogP contribution in [0.25, 0.3) is 16.2 Å². The molecule has 0 aliphatic rings. The van der Waals surface area contributed by atoms with Crippen LogP contribution in [0.4, 0.5) is 0 Å². The molecule has 0 radical (unpaired) electrons. The average Bonchev–Trinajstić information content (AvgIpc) is 2.92. The van der Waals surface area contributed by atoms with Crippen molar-refractivity contribution in [2.24, 2.45) is 0 Å². The molecule has 3 aromatic rings. The summed E-state index contributed by atoms with van der Waals surface area (Å²) in [7, 11) is 0. The van der Waals surface area contributed by atoms with Gasteiger partial charge >= 0.3 is 0 Å². The Bertz CT molecular complexity index is 635. The van der Waals surface area contributed by atoms with E-state index >= 15 is 0 Å². The van der Waals surface area contributed by atoms with Crippen LogP contribution in [0.5, 0.6) is 0 Å². The van der Waals surface area contributed by atoms with Crippen LogP contribution in [-0.4, -0.2) is 9.38 Å². The Morgan fingerprint density at radius 3 is 2.33 bits per heavy atom. The highest BCUT2D eigenvalue weighted by atomic mass is 32.1. The van der Waals surface area contributed by atoms with E-state index in [1.165, 1.54) is 16.1 Å². The predicted molar refractivity (Wildman–Crippen MR) is 79.3 cm³/mol. The van der Waals surface area contributed by atoms with Gasteiger partial charge in [0.2, 0.25) is 0 Å². The van der Waals surface area contributed by atoms with Gasteiger partial charge in [0.1, 0.15) is 0 Å². The molecule has 2 aromatic heterocycles. The van der Waals surface area contributed by atoms with Crippen molar-refractivity contribution in [1.82, 2.24) is 9.38 Å². The summed E-state index contributed by atoms with van der Waals surface area (Å²) >= 11 is 1.73. The summed E-state index contributed by atoms with van der Waals surface area (Å²) in [4.78, 5) is 7.06. The maximum Gasteiger partial charge on any atom is 0.194 e. The molecular weight excluding hydrogens is 240 g/mol. The first kappa shape index (κ1) is 12.8. The van der Waals surface area contributed by atoms with Crippen LogP contribution in [0.2, 0.25) is 0 Å². The highest BCUT2D eigenvalue weighted by molar-refractivity contribution is 7.17. The van der Waals surface area contributed by atoms with Crippen molar-refractivity contribution in [3.05, 3.63) is 47.1 Å². The molecule has 0 fully saturated rings. The summed E-state index contributed by atoms with van der Waals surface area (Å²) in [5, 5.41) is 0. The van der Waals surface area contributed by atoms with Gasteiger partial charge < -0.3 is 0 Å². The molecule has 0 atom stereocenters. The molecule has 2 heterocycles. The van der Waals surface area contributed by atoms with Crippen LogP contribution >= 0.6 is 11.3 Å². The lowest BCUT2D eigenvalue weighted by atomic mass is 10.1. The first-order valence-corrected chi connectivity index (χ1v) is 7.08. The van der Waals surface area contributed by atoms with Crippen molar-refractivity contribution >= 4 is 16.3 Å². The van der Waals surface area contributed by atoms with E-state index in [1.807, 2.05) is 32.0 Å². The molecule has 18 heavy (non-hydrogen) atoms. The number of imidazole rings is 1. The topological polar surface area (TPSA) is 17.3 Å². The van der Waals surface area contributed by atoms with E-state index in [0.29, 0.717) is 0 Å². The summed E-state index contributed by atoms with van der Waals surface area (Å²) < 4.78 is 2.17. The van der Waals surface area contributed by atoms with E-state index in [4.69, 9.17) is 0 Å². The number of hydrogen-bond acceptors (Lipinski definition) is 2. The van der Waals surface area contributed by atoms with Gasteiger partial charge in [-0.15, -0.1) is 11.3 Å². The van der Waals surface area contributed by atoms with E-state index < -0.39 is 0 Å². The lowest BCUT2D eigenvalue weighted by molar-refractivity contribution is 1.13. The molecule has 3 heteroatoms. The Hall–Kier alpha value is -1.61. The van der Waals surface area contributed by atoms with Gasteiger partial charge in [0, 0.05) is 22.3 Å². The van der Waals surface area contributed by atoms with Gasteiger partial charge in [0.15, 0.2) is 4.96 Å². The van der Waals surface area contributed by atoms with Gasteiger partial charge in [-0.1, -0.05) is 44.2 Å². The first-order valence-electron chi connectivity index (χ1n) is 6.26.